The number of carboxylic acids is 1. The summed E-state index contributed by atoms with van der Waals surface area (Å²) in [5, 5.41) is 12.2. The van der Waals surface area contributed by atoms with Crippen molar-refractivity contribution in [3.8, 4) is 0 Å². The van der Waals surface area contributed by atoms with Crippen LogP contribution in [0.15, 0.2) is 18.2 Å². The number of aryl methyl sites for hydroxylation is 1. The number of rotatable bonds is 8. The second kappa shape index (κ2) is 7.97. The molecule has 0 aliphatic heterocycles. The standard InChI is InChI=1S/C15H23FN2O2/c1-11-8-12(4-5-14(11)16)9-13(10-15(19)20)17-6-7-18(2)3/h4-5,8,13,17H,6-7,9-10H2,1-3H3,(H,19,20). The van der Waals surface area contributed by atoms with Crippen molar-refractivity contribution in [3.05, 3.63) is 35.1 Å². The fourth-order valence-electron chi connectivity index (χ4n) is 2.04. The molecule has 0 saturated carbocycles. The SMILES string of the molecule is Cc1cc(CC(CC(=O)O)NCCN(C)C)ccc1F. The first kappa shape index (κ1) is 16.6. The Balaban J connectivity index is 2.62. The van der Waals surface area contributed by atoms with Crippen LogP contribution >= 0.6 is 0 Å². The summed E-state index contributed by atoms with van der Waals surface area (Å²) >= 11 is 0. The third-order valence-corrected chi connectivity index (χ3v) is 3.12. The van der Waals surface area contributed by atoms with Gasteiger partial charge < -0.3 is 15.3 Å². The fraction of sp³-hybridized carbons (Fsp3) is 0.533. The Labute approximate surface area is 119 Å². The molecule has 0 bridgehead atoms. The molecule has 1 aromatic carbocycles. The first-order chi connectivity index (χ1) is 9.38. The maximum Gasteiger partial charge on any atom is 0.304 e. The van der Waals surface area contributed by atoms with Gasteiger partial charge in [0.1, 0.15) is 5.82 Å². The number of carboxylic acid groups (broad SMARTS) is 1. The van der Waals surface area contributed by atoms with Crippen molar-refractivity contribution in [1.82, 2.24) is 10.2 Å². The van der Waals surface area contributed by atoms with Crippen LogP contribution in [0.2, 0.25) is 0 Å². The zero-order valence-corrected chi connectivity index (χ0v) is 12.3. The normalized spacial score (nSPS) is 12.7. The molecule has 0 saturated heterocycles. The van der Waals surface area contributed by atoms with Crippen LogP contribution in [0.3, 0.4) is 0 Å². The number of carbonyl (C=O) groups is 1. The summed E-state index contributed by atoms with van der Waals surface area (Å²) in [5.74, 6) is -1.06. The van der Waals surface area contributed by atoms with Crippen molar-refractivity contribution in [1.29, 1.82) is 0 Å². The minimum atomic E-state index is -0.828. The average Bonchev–Trinajstić information content (AvgIpc) is 2.32. The molecule has 112 valence electrons. The smallest absolute Gasteiger partial charge is 0.304 e. The summed E-state index contributed by atoms with van der Waals surface area (Å²) < 4.78 is 13.2. The molecule has 0 aliphatic rings. The van der Waals surface area contributed by atoms with Gasteiger partial charge in [-0.15, -0.1) is 0 Å². The van der Waals surface area contributed by atoms with E-state index in [4.69, 9.17) is 5.11 Å². The van der Waals surface area contributed by atoms with Gasteiger partial charge in [-0.25, -0.2) is 4.39 Å². The van der Waals surface area contributed by atoms with Crippen LogP contribution in [0.1, 0.15) is 17.5 Å². The number of halogens is 1. The monoisotopic (exact) mass is 282 g/mol. The molecule has 0 amide bonds. The highest BCUT2D eigenvalue weighted by atomic mass is 19.1. The average molecular weight is 282 g/mol. The van der Waals surface area contributed by atoms with E-state index in [9.17, 15) is 9.18 Å². The molecular formula is C15H23FN2O2. The quantitative estimate of drug-likeness (QED) is 0.761. The Morgan fingerprint density at radius 3 is 2.70 bits per heavy atom. The second-order valence-electron chi connectivity index (χ2n) is 5.34. The van der Waals surface area contributed by atoms with Gasteiger partial charge in [-0.3, -0.25) is 4.79 Å². The fourth-order valence-corrected chi connectivity index (χ4v) is 2.04. The van der Waals surface area contributed by atoms with Crippen molar-refractivity contribution < 1.29 is 14.3 Å². The van der Waals surface area contributed by atoms with Gasteiger partial charge in [0.25, 0.3) is 0 Å². The van der Waals surface area contributed by atoms with Crippen LogP contribution in [0, 0.1) is 12.7 Å². The molecule has 0 aliphatic carbocycles. The molecule has 1 atom stereocenters. The minimum Gasteiger partial charge on any atom is -0.481 e. The van der Waals surface area contributed by atoms with Gasteiger partial charge in [0.15, 0.2) is 0 Å². The molecule has 5 heteroatoms. The number of nitrogens with zero attached hydrogens (tertiary/aromatic N) is 1. The molecule has 1 aromatic rings. The zero-order chi connectivity index (χ0) is 15.1. The van der Waals surface area contributed by atoms with E-state index in [-0.39, 0.29) is 18.3 Å². The maximum atomic E-state index is 13.2. The summed E-state index contributed by atoms with van der Waals surface area (Å²) in [5.41, 5.74) is 1.54. The highest BCUT2D eigenvalue weighted by molar-refractivity contribution is 5.67. The highest BCUT2D eigenvalue weighted by Crippen LogP contribution is 2.12. The van der Waals surface area contributed by atoms with E-state index in [0.717, 1.165) is 18.7 Å². The third kappa shape index (κ3) is 6.12. The van der Waals surface area contributed by atoms with Gasteiger partial charge in [0.2, 0.25) is 0 Å². The van der Waals surface area contributed by atoms with Crippen molar-refractivity contribution in [3.63, 3.8) is 0 Å². The van der Waals surface area contributed by atoms with E-state index >= 15 is 0 Å². The number of aliphatic carboxylic acids is 1. The third-order valence-electron chi connectivity index (χ3n) is 3.12. The molecule has 2 N–H and O–H groups in total. The van der Waals surface area contributed by atoms with Gasteiger partial charge in [-0.2, -0.15) is 0 Å². The Bertz CT molecular complexity index is 449. The number of nitrogens with one attached hydrogen (secondary N) is 1. The summed E-state index contributed by atoms with van der Waals surface area (Å²) in [6, 6.07) is 4.78. The molecular weight excluding hydrogens is 259 g/mol. The predicted molar refractivity (Wildman–Crippen MR) is 77.4 cm³/mol. The zero-order valence-electron chi connectivity index (χ0n) is 12.3. The molecule has 0 aromatic heterocycles. The minimum absolute atomic E-state index is 0.0594. The van der Waals surface area contributed by atoms with Crippen molar-refractivity contribution >= 4 is 5.97 Å². The van der Waals surface area contributed by atoms with Crippen molar-refractivity contribution in [2.75, 3.05) is 27.2 Å². The van der Waals surface area contributed by atoms with Gasteiger partial charge in [-0.05, 0) is 44.6 Å². The maximum absolute atomic E-state index is 13.2. The van der Waals surface area contributed by atoms with E-state index < -0.39 is 5.97 Å². The lowest BCUT2D eigenvalue weighted by molar-refractivity contribution is -0.137. The van der Waals surface area contributed by atoms with Crippen LogP contribution in [0.5, 0.6) is 0 Å². The largest absolute Gasteiger partial charge is 0.481 e. The summed E-state index contributed by atoms with van der Waals surface area (Å²) in [7, 11) is 3.94. The topological polar surface area (TPSA) is 52.6 Å². The lowest BCUT2D eigenvalue weighted by Crippen LogP contribution is -2.37. The van der Waals surface area contributed by atoms with E-state index in [1.165, 1.54) is 6.07 Å². The Hall–Kier alpha value is -1.46. The van der Waals surface area contributed by atoms with Crippen LogP contribution in [0.25, 0.3) is 0 Å². The Kier molecular flexibility index (Phi) is 6.61. The van der Waals surface area contributed by atoms with Gasteiger partial charge in [0, 0.05) is 19.1 Å². The van der Waals surface area contributed by atoms with Crippen molar-refractivity contribution in [2.45, 2.75) is 25.8 Å². The number of hydrogen-bond donors (Lipinski definition) is 2. The first-order valence-corrected chi connectivity index (χ1v) is 6.73. The number of likely N-dealkylation sites (N-methyl/N-ethyl adjacent to an activating group) is 1. The van der Waals surface area contributed by atoms with Crippen LogP contribution in [0.4, 0.5) is 4.39 Å². The molecule has 0 spiro atoms. The van der Waals surface area contributed by atoms with Crippen LogP contribution in [-0.4, -0.2) is 49.2 Å². The number of hydrogen-bond acceptors (Lipinski definition) is 3. The van der Waals surface area contributed by atoms with Gasteiger partial charge in [-0.1, -0.05) is 12.1 Å². The summed E-state index contributed by atoms with van der Waals surface area (Å²) in [6.45, 7) is 3.29. The van der Waals surface area contributed by atoms with Gasteiger partial charge >= 0.3 is 5.97 Å². The molecule has 1 rings (SSSR count). The first-order valence-electron chi connectivity index (χ1n) is 6.73. The Morgan fingerprint density at radius 2 is 2.15 bits per heavy atom. The molecule has 1 unspecified atom stereocenters. The van der Waals surface area contributed by atoms with Crippen LogP contribution < -0.4 is 5.32 Å². The molecule has 0 radical (unpaired) electrons. The molecule has 4 nitrogen and oxygen atoms in total. The van der Waals surface area contributed by atoms with E-state index in [1.807, 2.05) is 19.0 Å². The Morgan fingerprint density at radius 1 is 1.45 bits per heavy atom. The van der Waals surface area contributed by atoms with Crippen molar-refractivity contribution in [2.24, 2.45) is 0 Å². The molecule has 0 heterocycles. The molecule has 0 fully saturated rings. The lowest BCUT2D eigenvalue weighted by atomic mass is 10.0. The number of benzene rings is 1. The van der Waals surface area contributed by atoms with E-state index in [1.54, 1.807) is 19.1 Å². The predicted octanol–water partition coefficient (Wildman–Crippen LogP) is 1.67. The summed E-state index contributed by atoms with van der Waals surface area (Å²) in [4.78, 5) is 12.9. The van der Waals surface area contributed by atoms with Gasteiger partial charge in [0.05, 0.1) is 6.42 Å². The second-order valence-corrected chi connectivity index (χ2v) is 5.34. The van der Waals surface area contributed by atoms with E-state index in [0.29, 0.717) is 12.0 Å². The highest BCUT2D eigenvalue weighted by Gasteiger charge is 2.14. The summed E-state index contributed by atoms with van der Waals surface area (Å²) in [6.07, 6.45) is 0.644. The van der Waals surface area contributed by atoms with E-state index in [2.05, 4.69) is 5.32 Å². The molecule has 20 heavy (non-hydrogen) atoms. The lowest BCUT2D eigenvalue weighted by Gasteiger charge is -2.19. The van der Waals surface area contributed by atoms with Crippen LogP contribution in [-0.2, 0) is 11.2 Å².